The van der Waals surface area contributed by atoms with Crippen molar-refractivity contribution in [1.82, 2.24) is 16.1 Å². The van der Waals surface area contributed by atoms with Gasteiger partial charge in [0.25, 0.3) is 5.91 Å². The van der Waals surface area contributed by atoms with Crippen molar-refractivity contribution >= 4 is 70.0 Å². The number of amides is 2. The first-order chi connectivity index (χ1) is 43.9. The number of benzene rings is 5. The van der Waals surface area contributed by atoms with Crippen molar-refractivity contribution in [3.63, 3.8) is 0 Å². The standard InChI is InChI=1S/C70H84N4O17S2/c1-13-85-62(82)69(10,93-58(92)49-26-18-14-19-27-49)46-67(8,61(81)89-47-72-48(2)73-63(83)90-64(3,4)5)44-65(6,43-66(7,60(80)87-39-38-84-12)45-68(9,71-11)37-36-56(76)77)59(79)88-41-40-86-53-34-35-54(55(75)42-53)57(78)74-91-70(50-28-20-15-21-29-50,51-30-22-16-23-31-51)52-32-24-17-25-33-52/h14-35,42,72,75H,2,13,36-41,43-47H2,1,3-10,12H3,(H,73,83)(H,74,78)(H,76,77). The molecular weight excluding hydrogens is 1230 g/mol. The molecule has 0 fully saturated rings. The van der Waals surface area contributed by atoms with E-state index in [1.54, 1.807) is 58.0 Å². The number of carbonyl (C=O) groups excluding carboxylic acids is 6. The summed E-state index contributed by atoms with van der Waals surface area (Å²) in [7, 11) is 1.39. The molecule has 0 saturated heterocycles. The molecule has 93 heavy (non-hydrogen) atoms. The fourth-order valence-corrected chi connectivity index (χ4v) is 13.0. The van der Waals surface area contributed by atoms with Crippen LogP contribution in [0.4, 0.5) is 4.79 Å². The number of hydrogen-bond donors (Lipinski definition) is 5. The minimum absolute atomic E-state index is 0.0339. The number of hydroxylamine groups is 1. The maximum Gasteiger partial charge on any atom is 0.413 e. The summed E-state index contributed by atoms with van der Waals surface area (Å²) in [6, 6.07) is 40.7. The predicted molar refractivity (Wildman–Crippen MR) is 353 cm³/mol. The Labute approximate surface area is 553 Å². The smallest absolute Gasteiger partial charge is 0.413 e. The maximum atomic E-state index is 15.4. The molecule has 5 aromatic rings. The number of methoxy groups -OCH3 is 1. The van der Waals surface area contributed by atoms with Crippen LogP contribution in [0.25, 0.3) is 4.85 Å². The molecule has 23 heteroatoms. The number of ether oxygens (including phenoxy) is 7. The molecule has 0 aliphatic rings. The molecule has 0 heterocycles. The molecule has 5 N–H and O–H groups in total. The lowest BCUT2D eigenvalue weighted by molar-refractivity contribution is -0.171. The largest absolute Gasteiger partial charge is 0.507 e. The fraction of sp³-hybridized carbons (Fsp3) is 0.414. The van der Waals surface area contributed by atoms with E-state index in [4.69, 9.17) is 56.8 Å². The van der Waals surface area contributed by atoms with E-state index in [1.165, 1.54) is 59.9 Å². The molecule has 0 aliphatic carbocycles. The Morgan fingerprint density at radius 1 is 0.634 bits per heavy atom. The highest BCUT2D eigenvalue weighted by Gasteiger charge is 2.57. The Balaban J connectivity index is 1.53. The highest BCUT2D eigenvalue weighted by Crippen LogP contribution is 2.52. The zero-order chi connectivity index (χ0) is 68.7. The van der Waals surface area contributed by atoms with Crippen LogP contribution < -0.4 is 20.9 Å². The molecule has 5 unspecified atom stereocenters. The SMILES string of the molecule is [C-]#[N+]C(C)(CCC(=O)O)CC(C)(CC(C)(CC(C)(CC(C)(SC(=S)c1ccccc1)C(=O)OCC)C(=O)OCNC(=C)NC(=O)OC(C)(C)C)C(=O)OCCOc1ccc(C(=O)NOC(c2ccccc2)(c2ccccc2)c2ccccc2)c(O)c1)C(=O)OCCOC. The molecule has 0 saturated carbocycles. The molecule has 0 aromatic heterocycles. The molecule has 0 bridgehead atoms. The van der Waals surface area contributed by atoms with Crippen LogP contribution in [-0.4, -0.2) is 119 Å². The number of aliphatic carboxylic acids is 1. The van der Waals surface area contributed by atoms with Crippen LogP contribution in [0.2, 0.25) is 0 Å². The van der Waals surface area contributed by atoms with E-state index in [-0.39, 0.29) is 60.6 Å². The molecule has 2 amide bonds. The van der Waals surface area contributed by atoms with Gasteiger partial charge >= 0.3 is 35.9 Å². The van der Waals surface area contributed by atoms with Gasteiger partial charge in [0.1, 0.15) is 47.5 Å². The summed E-state index contributed by atoms with van der Waals surface area (Å²) in [5.41, 5.74) is -4.42. The number of phenols is 1. The first-order valence-corrected chi connectivity index (χ1v) is 31.2. The number of carbonyl (C=O) groups is 7. The summed E-state index contributed by atoms with van der Waals surface area (Å²) in [5.74, 6) is -6.18. The first-order valence-electron chi connectivity index (χ1n) is 30.0. The molecule has 5 rings (SSSR count). The summed E-state index contributed by atoms with van der Waals surface area (Å²) < 4.78 is 38.4. The van der Waals surface area contributed by atoms with Gasteiger partial charge in [0.2, 0.25) is 5.54 Å². The van der Waals surface area contributed by atoms with Gasteiger partial charge in [-0.2, -0.15) is 0 Å². The van der Waals surface area contributed by atoms with E-state index >= 15 is 9.59 Å². The number of carboxylic acid groups (broad SMARTS) is 1. The molecule has 5 atom stereocenters. The van der Waals surface area contributed by atoms with E-state index in [0.717, 1.165) is 11.8 Å². The van der Waals surface area contributed by atoms with E-state index < -0.39 is 124 Å². The second-order valence-corrected chi connectivity index (χ2v) is 26.7. The van der Waals surface area contributed by atoms with Gasteiger partial charge < -0.3 is 53.5 Å². The minimum Gasteiger partial charge on any atom is -0.507 e. The van der Waals surface area contributed by atoms with Crippen LogP contribution in [0.1, 0.15) is 133 Å². The summed E-state index contributed by atoms with van der Waals surface area (Å²) in [5, 5.41) is 26.2. The van der Waals surface area contributed by atoms with Gasteiger partial charge in [0.15, 0.2) is 12.3 Å². The molecule has 5 aromatic carbocycles. The Bertz CT molecular complexity index is 3340. The van der Waals surface area contributed by atoms with Gasteiger partial charge in [-0.15, -0.1) is 0 Å². The number of carboxylic acids is 1. The number of rotatable bonds is 35. The molecule has 0 spiro atoms. The number of hydrogen-bond acceptors (Lipinski definition) is 19. The highest BCUT2D eigenvalue weighted by molar-refractivity contribution is 8.25. The van der Waals surface area contributed by atoms with Crippen molar-refractivity contribution in [2.75, 3.05) is 46.9 Å². The summed E-state index contributed by atoms with van der Waals surface area (Å²) in [6.07, 6.45) is -3.38. The number of nitrogens with zero attached hydrogens (tertiary/aromatic N) is 1. The quantitative estimate of drug-likeness (QED) is 0.00368. The van der Waals surface area contributed by atoms with Gasteiger partial charge in [0.05, 0.1) is 45.6 Å². The van der Waals surface area contributed by atoms with E-state index in [1.807, 2.05) is 91.0 Å². The van der Waals surface area contributed by atoms with Gasteiger partial charge in [0, 0.05) is 32.9 Å². The number of nitrogens with one attached hydrogen (secondary N) is 3. The van der Waals surface area contributed by atoms with E-state index in [2.05, 4.69) is 27.5 Å². The van der Waals surface area contributed by atoms with Crippen LogP contribution in [0.3, 0.4) is 0 Å². The van der Waals surface area contributed by atoms with Gasteiger partial charge in [-0.05, 0) is 109 Å². The van der Waals surface area contributed by atoms with Crippen molar-refractivity contribution in [2.24, 2.45) is 16.2 Å². The average Bonchev–Trinajstić information content (AvgIpc) is 0.772. The number of phenolic OH excluding ortho intramolecular Hbond substituents is 1. The lowest BCUT2D eigenvalue weighted by Crippen LogP contribution is -2.50. The number of thiocarbonyl (C=S) groups is 1. The zero-order valence-electron chi connectivity index (χ0n) is 54.3. The lowest BCUT2D eigenvalue weighted by Gasteiger charge is -2.43. The number of aromatic hydroxyl groups is 1. The molecule has 498 valence electrons. The average molecular weight is 1320 g/mol. The third-order valence-corrected chi connectivity index (χ3v) is 16.7. The van der Waals surface area contributed by atoms with Crippen molar-refractivity contribution in [2.45, 2.75) is 122 Å². The molecule has 0 radical (unpaired) electrons. The summed E-state index contributed by atoms with van der Waals surface area (Å²) in [4.78, 5) is 109. The van der Waals surface area contributed by atoms with Crippen LogP contribution in [0.15, 0.2) is 152 Å². The number of esters is 4. The lowest BCUT2D eigenvalue weighted by atomic mass is 9.61. The molecule has 21 nitrogen and oxygen atoms in total. The third kappa shape index (κ3) is 21.4. The fourth-order valence-electron chi connectivity index (χ4n) is 11.1. The maximum absolute atomic E-state index is 15.4. The number of alkyl carbamates (subject to hydrolysis) is 1. The molecule has 0 aliphatic heterocycles. The van der Waals surface area contributed by atoms with E-state index in [9.17, 15) is 34.2 Å². The Morgan fingerprint density at radius 3 is 1.61 bits per heavy atom. The highest BCUT2D eigenvalue weighted by atomic mass is 32.2. The molecular formula is C70H84N4O17S2. The predicted octanol–water partition coefficient (Wildman–Crippen LogP) is 11.8. The van der Waals surface area contributed by atoms with Crippen LogP contribution in [0, 0.1) is 22.8 Å². The summed E-state index contributed by atoms with van der Waals surface area (Å²) >= 11 is 6.85. The minimum atomic E-state index is -2.00. The first kappa shape index (κ1) is 74.9. The van der Waals surface area contributed by atoms with Crippen LogP contribution >= 0.6 is 24.0 Å². The van der Waals surface area contributed by atoms with Gasteiger partial charge in [-0.3, -0.25) is 38.9 Å². The zero-order valence-corrected chi connectivity index (χ0v) is 55.9. The Hall–Kier alpha value is -8.82. The second kappa shape index (κ2) is 33.7. The summed E-state index contributed by atoms with van der Waals surface area (Å²) in [6.45, 7) is 24.2. The Morgan fingerprint density at radius 2 is 1.13 bits per heavy atom. The van der Waals surface area contributed by atoms with Crippen molar-refractivity contribution in [3.8, 4) is 11.5 Å². The Kier molecular flexibility index (Phi) is 27.1. The second-order valence-electron chi connectivity index (χ2n) is 24.6. The van der Waals surface area contributed by atoms with Crippen molar-refractivity contribution in [1.29, 1.82) is 0 Å². The normalized spacial score (nSPS) is 14.6. The topological polar surface area (TPSA) is 274 Å². The van der Waals surface area contributed by atoms with Crippen LogP contribution in [-0.2, 0) is 62.8 Å². The van der Waals surface area contributed by atoms with Crippen molar-refractivity contribution < 1.29 is 81.8 Å². The van der Waals surface area contributed by atoms with Gasteiger partial charge in [-0.25, -0.2) is 16.8 Å². The van der Waals surface area contributed by atoms with Crippen molar-refractivity contribution in [3.05, 3.63) is 191 Å². The van der Waals surface area contributed by atoms with Gasteiger partial charge in [-0.1, -0.05) is 152 Å². The number of thioether (sulfide) groups is 1. The van der Waals surface area contributed by atoms with Crippen LogP contribution in [0.5, 0.6) is 11.5 Å². The monoisotopic (exact) mass is 1320 g/mol. The third-order valence-electron chi connectivity index (χ3n) is 15.0. The van der Waals surface area contributed by atoms with E-state index in [0.29, 0.717) is 22.3 Å².